The van der Waals surface area contributed by atoms with Gasteiger partial charge >= 0.3 is 0 Å². The summed E-state index contributed by atoms with van der Waals surface area (Å²) >= 11 is 5.55. The van der Waals surface area contributed by atoms with Gasteiger partial charge in [0.2, 0.25) is 0 Å². The van der Waals surface area contributed by atoms with Crippen molar-refractivity contribution in [2.24, 2.45) is 34.5 Å². The van der Waals surface area contributed by atoms with Gasteiger partial charge in [-0.25, -0.2) is 0 Å². The predicted molar refractivity (Wildman–Crippen MR) is 96.9 cm³/mol. The van der Waals surface area contributed by atoms with E-state index >= 15 is 0 Å². The highest BCUT2D eigenvalue weighted by Crippen LogP contribution is 2.65. The highest BCUT2D eigenvalue weighted by Gasteiger charge is 2.57. The van der Waals surface area contributed by atoms with E-state index in [2.05, 4.69) is 32.2 Å². The minimum atomic E-state index is 0.517. The third-order valence-electron chi connectivity index (χ3n) is 8.45. The molecule has 22 heavy (non-hydrogen) atoms. The zero-order valence-corrected chi connectivity index (χ0v) is 15.3. The van der Waals surface area contributed by atoms with Crippen LogP contribution in [0.3, 0.4) is 0 Å². The largest absolute Gasteiger partial charge is 0.380 e. The molecule has 0 amide bonds. The fourth-order valence-electron chi connectivity index (χ4n) is 6.81. The van der Waals surface area contributed by atoms with Crippen LogP contribution >= 0.6 is 12.2 Å². The fraction of sp³-hybridized carbons (Fsp3) is 0.850. The predicted octanol–water partition coefficient (Wildman–Crippen LogP) is 5.11. The van der Waals surface area contributed by atoms with E-state index in [1.165, 1.54) is 38.5 Å². The number of fused-ring (bicyclic) bond motifs is 5. The number of thiocarbonyl (C=S) groups is 1. The molecule has 3 fully saturated rings. The smallest absolute Gasteiger partial charge is 0.0756 e. The van der Waals surface area contributed by atoms with E-state index in [-0.39, 0.29) is 0 Å². The quantitative estimate of drug-likeness (QED) is 0.492. The maximum absolute atomic E-state index is 5.55. The SMILES string of the molecule is CC1=CC[C@H]2[C@@H]3CC[C@H]4CC(=S)NCC[C@]4(C)[C@H]3CC[C@]12C. The van der Waals surface area contributed by atoms with Crippen molar-refractivity contribution in [3.05, 3.63) is 11.6 Å². The Kier molecular flexibility index (Phi) is 3.49. The highest BCUT2D eigenvalue weighted by molar-refractivity contribution is 7.80. The molecule has 1 saturated heterocycles. The minimum absolute atomic E-state index is 0.517. The Hall–Kier alpha value is -0.370. The Bertz CT molecular complexity index is 524. The first kappa shape index (κ1) is 15.2. The van der Waals surface area contributed by atoms with E-state index in [1.54, 1.807) is 5.57 Å². The number of hydrogen-bond donors (Lipinski definition) is 1. The first-order valence-corrected chi connectivity index (χ1v) is 9.80. The second-order valence-electron chi connectivity index (χ2n) is 9.04. The number of rotatable bonds is 0. The van der Waals surface area contributed by atoms with Crippen LogP contribution in [0.5, 0.6) is 0 Å². The van der Waals surface area contributed by atoms with Crippen molar-refractivity contribution in [2.75, 3.05) is 6.54 Å². The maximum Gasteiger partial charge on any atom is 0.0756 e. The van der Waals surface area contributed by atoms with Crippen LogP contribution in [0.25, 0.3) is 0 Å². The van der Waals surface area contributed by atoms with Crippen LogP contribution < -0.4 is 5.32 Å². The molecule has 1 aliphatic heterocycles. The summed E-state index contributed by atoms with van der Waals surface area (Å²) < 4.78 is 0. The van der Waals surface area contributed by atoms with Crippen molar-refractivity contribution in [1.29, 1.82) is 0 Å². The van der Waals surface area contributed by atoms with Gasteiger partial charge in [0.05, 0.1) is 4.99 Å². The van der Waals surface area contributed by atoms with E-state index in [9.17, 15) is 0 Å². The molecule has 0 aromatic carbocycles. The molecule has 1 nitrogen and oxygen atoms in total. The number of hydrogen-bond acceptors (Lipinski definition) is 1. The molecule has 0 spiro atoms. The average Bonchev–Trinajstić information content (AvgIpc) is 2.68. The normalized spacial score (nSPS) is 51.0. The van der Waals surface area contributed by atoms with Crippen LogP contribution in [-0.2, 0) is 0 Å². The number of nitrogens with one attached hydrogen (secondary N) is 1. The van der Waals surface area contributed by atoms with Gasteiger partial charge in [0.15, 0.2) is 0 Å². The average molecular weight is 318 g/mol. The van der Waals surface area contributed by atoms with Gasteiger partial charge in [-0.3, -0.25) is 0 Å². The summed E-state index contributed by atoms with van der Waals surface area (Å²) in [5.41, 5.74) is 2.73. The van der Waals surface area contributed by atoms with E-state index in [1.807, 2.05) is 0 Å². The topological polar surface area (TPSA) is 12.0 Å². The summed E-state index contributed by atoms with van der Waals surface area (Å²) in [7, 11) is 0. The fourth-order valence-corrected chi connectivity index (χ4v) is 7.11. The van der Waals surface area contributed by atoms with Crippen molar-refractivity contribution in [1.82, 2.24) is 5.32 Å². The van der Waals surface area contributed by atoms with Gasteiger partial charge in [0, 0.05) is 13.0 Å². The molecule has 0 radical (unpaired) electrons. The van der Waals surface area contributed by atoms with Crippen LogP contribution in [0, 0.1) is 34.5 Å². The molecular weight excluding hydrogens is 286 g/mol. The van der Waals surface area contributed by atoms with Crippen LogP contribution in [0.15, 0.2) is 11.6 Å². The lowest BCUT2D eigenvalue weighted by Gasteiger charge is -2.58. The minimum Gasteiger partial charge on any atom is -0.380 e. The van der Waals surface area contributed by atoms with E-state index in [4.69, 9.17) is 12.2 Å². The van der Waals surface area contributed by atoms with Gasteiger partial charge in [-0.05, 0) is 80.0 Å². The summed E-state index contributed by atoms with van der Waals surface area (Å²) in [6.45, 7) is 8.67. The first-order valence-electron chi connectivity index (χ1n) is 9.39. The highest BCUT2D eigenvalue weighted by atomic mass is 32.1. The zero-order valence-electron chi connectivity index (χ0n) is 14.5. The lowest BCUT2D eigenvalue weighted by Crippen LogP contribution is -2.51. The lowest BCUT2D eigenvalue weighted by atomic mass is 9.46. The Balaban J connectivity index is 1.65. The van der Waals surface area contributed by atoms with Crippen LogP contribution in [0.4, 0.5) is 0 Å². The maximum atomic E-state index is 5.55. The summed E-state index contributed by atoms with van der Waals surface area (Å²) in [5.74, 6) is 3.65. The molecule has 1 N–H and O–H groups in total. The lowest BCUT2D eigenvalue weighted by molar-refractivity contribution is -0.0813. The third-order valence-corrected chi connectivity index (χ3v) is 8.76. The van der Waals surface area contributed by atoms with Crippen LogP contribution in [0.1, 0.15) is 65.7 Å². The van der Waals surface area contributed by atoms with Crippen molar-refractivity contribution < 1.29 is 0 Å². The molecule has 0 aromatic rings. The number of allylic oxidation sites excluding steroid dienone is 2. The molecular formula is C20H31NS. The second kappa shape index (κ2) is 5.06. The van der Waals surface area contributed by atoms with Gasteiger partial charge in [-0.2, -0.15) is 0 Å². The molecule has 6 atom stereocenters. The van der Waals surface area contributed by atoms with Crippen LogP contribution in [0.2, 0.25) is 0 Å². The Labute approximate surface area is 141 Å². The van der Waals surface area contributed by atoms with Crippen molar-refractivity contribution >= 4 is 17.2 Å². The van der Waals surface area contributed by atoms with Crippen molar-refractivity contribution in [3.63, 3.8) is 0 Å². The first-order chi connectivity index (χ1) is 10.4. The van der Waals surface area contributed by atoms with Gasteiger partial charge < -0.3 is 5.32 Å². The molecule has 0 unspecified atom stereocenters. The monoisotopic (exact) mass is 317 g/mol. The molecule has 2 heteroatoms. The van der Waals surface area contributed by atoms with E-state index < -0.39 is 0 Å². The van der Waals surface area contributed by atoms with E-state index in [0.29, 0.717) is 10.8 Å². The Morgan fingerprint density at radius 2 is 1.95 bits per heavy atom. The zero-order chi connectivity index (χ0) is 15.5. The summed E-state index contributed by atoms with van der Waals surface area (Å²) in [6, 6.07) is 0. The molecule has 3 aliphatic carbocycles. The van der Waals surface area contributed by atoms with Crippen LogP contribution in [-0.4, -0.2) is 11.5 Å². The Morgan fingerprint density at radius 3 is 2.77 bits per heavy atom. The molecule has 2 saturated carbocycles. The molecule has 4 rings (SSSR count). The van der Waals surface area contributed by atoms with Crippen molar-refractivity contribution in [2.45, 2.75) is 65.7 Å². The third kappa shape index (κ3) is 1.98. The summed E-state index contributed by atoms with van der Waals surface area (Å²) in [4.78, 5) is 1.13. The van der Waals surface area contributed by atoms with Crippen molar-refractivity contribution in [3.8, 4) is 0 Å². The molecule has 0 bridgehead atoms. The molecule has 0 aromatic heterocycles. The standard InChI is InChI=1S/C20H31NS/c1-13-4-7-16-15-6-5-14-12-18(22)21-11-10-20(14,3)17(15)8-9-19(13,16)2/h4,14-17H,5-12H2,1-3H3,(H,21,22)/t14-,15-,16-,17-,19+,20-/m0/s1. The van der Waals surface area contributed by atoms with Gasteiger partial charge in [-0.1, -0.05) is 37.7 Å². The van der Waals surface area contributed by atoms with Gasteiger partial charge in [-0.15, -0.1) is 0 Å². The van der Waals surface area contributed by atoms with E-state index in [0.717, 1.165) is 41.6 Å². The second-order valence-corrected chi connectivity index (χ2v) is 9.53. The molecule has 122 valence electrons. The molecule has 4 aliphatic rings. The van der Waals surface area contributed by atoms with Gasteiger partial charge in [0.25, 0.3) is 0 Å². The molecule has 1 heterocycles. The Morgan fingerprint density at radius 1 is 1.14 bits per heavy atom. The summed E-state index contributed by atoms with van der Waals surface area (Å²) in [5, 5.41) is 3.50. The summed E-state index contributed by atoms with van der Waals surface area (Å²) in [6.07, 6.45) is 12.1. The van der Waals surface area contributed by atoms with Gasteiger partial charge in [0.1, 0.15) is 0 Å².